The van der Waals surface area contributed by atoms with Gasteiger partial charge < -0.3 is 10.4 Å². The molecule has 2 N–H and O–H groups in total. The van der Waals surface area contributed by atoms with E-state index in [1.54, 1.807) is 6.20 Å². The van der Waals surface area contributed by atoms with E-state index in [4.69, 9.17) is 5.11 Å². The molecule has 2 aliphatic carbocycles. The zero-order chi connectivity index (χ0) is 19.7. The van der Waals surface area contributed by atoms with E-state index in [9.17, 15) is 9.59 Å². The van der Waals surface area contributed by atoms with Crippen LogP contribution < -0.4 is 5.32 Å². The molecule has 7 heteroatoms. The molecular weight excluding hydrogens is 356 g/mol. The molecular formula is C21H26N4O3. The molecule has 4 rings (SSSR count). The summed E-state index contributed by atoms with van der Waals surface area (Å²) in [6.07, 6.45) is 5.79. The normalized spacial score (nSPS) is 21.4. The van der Waals surface area contributed by atoms with Gasteiger partial charge >= 0.3 is 5.97 Å². The molecule has 1 aromatic carbocycles. The number of carboxylic acids is 1. The summed E-state index contributed by atoms with van der Waals surface area (Å²) in [5.41, 5.74) is 2.58. The number of hydrogen-bond donors (Lipinski definition) is 2. The second kappa shape index (κ2) is 7.75. The van der Waals surface area contributed by atoms with E-state index in [1.165, 1.54) is 12.8 Å². The van der Waals surface area contributed by atoms with Gasteiger partial charge in [-0.25, -0.2) is 4.68 Å². The molecule has 0 bridgehead atoms. The van der Waals surface area contributed by atoms with Crippen LogP contribution in [-0.2, 0) is 4.79 Å². The van der Waals surface area contributed by atoms with Crippen molar-refractivity contribution in [1.29, 1.82) is 0 Å². The largest absolute Gasteiger partial charge is 0.480 e. The van der Waals surface area contributed by atoms with Crippen molar-refractivity contribution in [3.05, 3.63) is 47.8 Å². The fourth-order valence-corrected chi connectivity index (χ4v) is 3.81. The van der Waals surface area contributed by atoms with Crippen LogP contribution in [0.1, 0.15) is 41.7 Å². The van der Waals surface area contributed by atoms with Gasteiger partial charge in [0.15, 0.2) is 0 Å². The van der Waals surface area contributed by atoms with Crippen LogP contribution in [0.4, 0.5) is 0 Å². The maximum absolute atomic E-state index is 12.5. The number of nitrogens with zero attached hydrogens (tertiary/aromatic N) is 3. The number of carbonyl (C=O) groups excluding carboxylic acids is 1. The van der Waals surface area contributed by atoms with Crippen LogP contribution in [0.5, 0.6) is 0 Å². The number of carboxylic acid groups (broad SMARTS) is 1. The molecule has 0 unspecified atom stereocenters. The van der Waals surface area contributed by atoms with E-state index < -0.39 is 5.97 Å². The van der Waals surface area contributed by atoms with Crippen molar-refractivity contribution >= 4 is 11.9 Å². The fourth-order valence-electron chi connectivity index (χ4n) is 3.81. The van der Waals surface area contributed by atoms with Gasteiger partial charge in [0.25, 0.3) is 5.91 Å². The van der Waals surface area contributed by atoms with Crippen molar-refractivity contribution in [2.45, 2.75) is 44.7 Å². The molecule has 2 aromatic rings. The first-order chi connectivity index (χ1) is 13.5. The lowest BCUT2D eigenvalue weighted by Crippen LogP contribution is -2.55. The Balaban J connectivity index is 1.30. The highest BCUT2D eigenvalue weighted by Gasteiger charge is 2.37. The third-order valence-electron chi connectivity index (χ3n) is 5.70. The van der Waals surface area contributed by atoms with Crippen LogP contribution in [0.2, 0.25) is 0 Å². The number of aliphatic carboxylic acids is 1. The average molecular weight is 382 g/mol. The minimum atomic E-state index is -0.777. The molecule has 7 nitrogen and oxygen atoms in total. The van der Waals surface area contributed by atoms with Crippen LogP contribution in [-0.4, -0.2) is 56.8 Å². The first-order valence-electron chi connectivity index (χ1n) is 9.87. The topological polar surface area (TPSA) is 87.5 Å². The highest BCUT2D eigenvalue weighted by molar-refractivity contribution is 5.94. The zero-order valence-electron chi connectivity index (χ0n) is 16.0. The van der Waals surface area contributed by atoms with Crippen LogP contribution in [0.25, 0.3) is 5.69 Å². The lowest BCUT2D eigenvalue weighted by atomic mass is 9.85. The first kappa shape index (κ1) is 18.7. The van der Waals surface area contributed by atoms with Crippen molar-refractivity contribution in [2.24, 2.45) is 5.92 Å². The molecule has 2 fully saturated rings. The summed E-state index contributed by atoms with van der Waals surface area (Å²) in [4.78, 5) is 25.7. The van der Waals surface area contributed by atoms with Crippen LogP contribution in [0.3, 0.4) is 0 Å². The first-order valence-corrected chi connectivity index (χ1v) is 9.87. The Hall–Kier alpha value is -2.67. The number of aromatic nitrogens is 2. The number of benzene rings is 1. The summed E-state index contributed by atoms with van der Waals surface area (Å²) in [5, 5.41) is 16.5. The molecule has 0 radical (unpaired) electrons. The molecule has 1 amide bonds. The predicted molar refractivity (Wildman–Crippen MR) is 105 cm³/mol. The molecule has 0 atom stereocenters. The zero-order valence-corrected chi connectivity index (χ0v) is 16.0. The number of carbonyl (C=O) groups is 2. The summed E-state index contributed by atoms with van der Waals surface area (Å²) in [6, 6.07) is 9.71. The summed E-state index contributed by atoms with van der Waals surface area (Å²) in [6.45, 7) is 2.94. The van der Waals surface area contributed by atoms with Gasteiger partial charge in [-0.15, -0.1) is 0 Å². The highest BCUT2D eigenvalue weighted by atomic mass is 16.4. The van der Waals surface area contributed by atoms with Crippen molar-refractivity contribution in [1.82, 2.24) is 20.0 Å². The number of amides is 1. The minimum absolute atomic E-state index is 0.0841. The molecule has 2 saturated carbocycles. The monoisotopic (exact) mass is 382 g/mol. The van der Waals surface area contributed by atoms with Crippen molar-refractivity contribution in [2.75, 3.05) is 13.1 Å². The number of hydrogen-bond acceptors (Lipinski definition) is 4. The van der Waals surface area contributed by atoms with Crippen molar-refractivity contribution in [3.63, 3.8) is 0 Å². The Morgan fingerprint density at radius 1 is 1.21 bits per heavy atom. The fraction of sp³-hybridized carbons (Fsp3) is 0.476. The maximum Gasteiger partial charge on any atom is 0.317 e. The average Bonchev–Trinajstić information content (AvgIpc) is 3.34. The summed E-state index contributed by atoms with van der Waals surface area (Å²) < 4.78 is 1.83. The van der Waals surface area contributed by atoms with E-state index in [0.717, 1.165) is 30.8 Å². The Kier molecular flexibility index (Phi) is 5.17. The second-order valence-corrected chi connectivity index (χ2v) is 7.99. The van der Waals surface area contributed by atoms with Gasteiger partial charge in [-0.05, 0) is 68.9 Å². The van der Waals surface area contributed by atoms with Gasteiger partial charge in [0.05, 0.1) is 12.2 Å². The van der Waals surface area contributed by atoms with Crippen LogP contribution >= 0.6 is 0 Å². The number of nitrogens with one attached hydrogen (secondary N) is 1. The third-order valence-corrected chi connectivity index (χ3v) is 5.70. The minimum Gasteiger partial charge on any atom is -0.480 e. The van der Waals surface area contributed by atoms with Crippen molar-refractivity contribution in [3.8, 4) is 5.69 Å². The van der Waals surface area contributed by atoms with Crippen molar-refractivity contribution < 1.29 is 14.7 Å². The predicted octanol–water partition coefficient (Wildman–Crippen LogP) is 2.24. The molecule has 0 saturated heterocycles. The molecule has 0 aliphatic heterocycles. The van der Waals surface area contributed by atoms with Crippen LogP contribution in [0.15, 0.2) is 36.5 Å². The maximum atomic E-state index is 12.5. The number of aryl methyl sites for hydroxylation is 1. The van der Waals surface area contributed by atoms with E-state index in [-0.39, 0.29) is 24.5 Å². The van der Waals surface area contributed by atoms with E-state index in [1.807, 2.05) is 41.9 Å². The molecule has 1 heterocycles. The Morgan fingerprint density at radius 3 is 2.50 bits per heavy atom. The van der Waals surface area contributed by atoms with Gasteiger partial charge in [-0.1, -0.05) is 0 Å². The molecule has 28 heavy (non-hydrogen) atoms. The molecule has 148 valence electrons. The summed E-state index contributed by atoms with van der Waals surface area (Å²) in [7, 11) is 0. The summed E-state index contributed by atoms with van der Waals surface area (Å²) in [5.74, 6) is -0.204. The molecule has 2 aliphatic rings. The van der Waals surface area contributed by atoms with E-state index >= 15 is 0 Å². The second-order valence-electron chi connectivity index (χ2n) is 7.99. The quantitative estimate of drug-likeness (QED) is 0.731. The van der Waals surface area contributed by atoms with Gasteiger partial charge in [0, 0.05) is 36.1 Å². The van der Waals surface area contributed by atoms with E-state index in [0.29, 0.717) is 11.5 Å². The number of rotatable bonds is 8. The van der Waals surface area contributed by atoms with Gasteiger partial charge in [0.1, 0.15) is 0 Å². The highest BCUT2D eigenvalue weighted by Crippen LogP contribution is 2.33. The van der Waals surface area contributed by atoms with Gasteiger partial charge in [-0.3, -0.25) is 14.5 Å². The molecule has 1 aromatic heterocycles. The smallest absolute Gasteiger partial charge is 0.317 e. The summed E-state index contributed by atoms with van der Waals surface area (Å²) >= 11 is 0. The Labute approximate surface area is 164 Å². The SMILES string of the molecule is Cc1ccnn1-c1ccc(C(=O)NC2CC(N(CC(=O)O)CC3CC3)C2)cc1. The standard InChI is InChI=1S/C21H26N4O3/c1-14-8-9-22-25(14)18-6-4-16(5-7-18)21(28)23-17-10-19(11-17)24(13-20(26)27)12-15-2-3-15/h4-9,15,17,19H,2-3,10-13H2,1H3,(H,23,28)(H,26,27). The Morgan fingerprint density at radius 2 is 1.93 bits per heavy atom. The molecule has 0 spiro atoms. The van der Waals surface area contributed by atoms with Gasteiger partial charge in [-0.2, -0.15) is 5.10 Å². The Bertz CT molecular complexity index is 851. The lowest BCUT2D eigenvalue weighted by molar-refractivity contribution is -0.139. The lowest BCUT2D eigenvalue weighted by Gasteiger charge is -2.42. The van der Waals surface area contributed by atoms with Gasteiger partial charge in [0.2, 0.25) is 0 Å². The van der Waals surface area contributed by atoms with Crippen LogP contribution in [0, 0.1) is 12.8 Å². The third kappa shape index (κ3) is 4.25. The van der Waals surface area contributed by atoms with E-state index in [2.05, 4.69) is 15.3 Å².